The first-order chi connectivity index (χ1) is 8.28. The number of nitrogens with one attached hydrogen (secondary N) is 1. The summed E-state index contributed by atoms with van der Waals surface area (Å²) in [7, 11) is 0. The van der Waals surface area contributed by atoms with Gasteiger partial charge in [-0.3, -0.25) is 4.90 Å². The van der Waals surface area contributed by atoms with E-state index >= 15 is 0 Å². The van der Waals surface area contributed by atoms with Crippen molar-refractivity contribution in [3.63, 3.8) is 0 Å². The van der Waals surface area contributed by atoms with E-state index in [0.29, 0.717) is 0 Å². The molecule has 1 aliphatic rings. The predicted octanol–water partition coefficient (Wildman–Crippen LogP) is 2.42. The Balaban J connectivity index is 1.72. The van der Waals surface area contributed by atoms with Gasteiger partial charge in [0.25, 0.3) is 0 Å². The van der Waals surface area contributed by atoms with Gasteiger partial charge < -0.3 is 5.32 Å². The van der Waals surface area contributed by atoms with Crippen LogP contribution in [-0.4, -0.2) is 35.6 Å². The Morgan fingerprint density at radius 2 is 2.24 bits per heavy atom. The summed E-state index contributed by atoms with van der Waals surface area (Å²) in [5, 5.41) is 7.03. The second-order valence-corrected chi connectivity index (χ2v) is 5.83. The molecule has 0 radical (unpaired) electrons. The van der Waals surface area contributed by atoms with Crippen LogP contribution in [0.2, 0.25) is 0 Å². The molecule has 1 aliphatic heterocycles. The van der Waals surface area contributed by atoms with E-state index in [4.69, 9.17) is 0 Å². The van der Waals surface area contributed by atoms with Gasteiger partial charge in [0.2, 0.25) is 0 Å². The molecule has 1 aromatic heterocycles. The number of nitrogens with zero attached hydrogens (tertiary/aromatic N) is 2. The number of thiazole rings is 1. The van der Waals surface area contributed by atoms with Gasteiger partial charge in [0.05, 0.1) is 6.54 Å². The molecule has 0 aliphatic carbocycles. The molecule has 96 valence electrons. The molecule has 0 aromatic carbocycles. The van der Waals surface area contributed by atoms with E-state index in [0.717, 1.165) is 24.8 Å². The zero-order valence-electron chi connectivity index (χ0n) is 10.9. The molecule has 1 N–H and O–H groups in total. The third-order valence-electron chi connectivity index (χ3n) is 3.30. The topological polar surface area (TPSA) is 28.2 Å². The smallest absolute Gasteiger partial charge is 0.107 e. The molecule has 0 spiro atoms. The highest BCUT2D eigenvalue weighted by Crippen LogP contribution is 2.16. The number of likely N-dealkylation sites (tertiary alicyclic amines) is 1. The molecular formula is C13H23N3S. The van der Waals surface area contributed by atoms with Crippen LogP contribution in [0.15, 0.2) is 5.38 Å². The van der Waals surface area contributed by atoms with E-state index < -0.39 is 0 Å². The van der Waals surface area contributed by atoms with Gasteiger partial charge in [0.1, 0.15) is 5.01 Å². The number of hydrogen-bond acceptors (Lipinski definition) is 4. The summed E-state index contributed by atoms with van der Waals surface area (Å²) < 4.78 is 0. The van der Waals surface area contributed by atoms with Gasteiger partial charge in [0, 0.05) is 30.2 Å². The zero-order valence-corrected chi connectivity index (χ0v) is 11.7. The summed E-state index contributed by atoms with van der Waals surface area (Å²) in [6.45, 7) is 8.92. The molecule has 0 saturated carbocycles. The Kier molecular flexibility index (Phi) is 4.95. The molecule has 3 nitrogen and oxygen atoms in total. The zero-order chi connectivity index (χ0) is 12.1. The first-order valence-electron chi connectivity index (χ1n) is 6.64. The molecule has 17 heavy (non-hydrogen) atoms. The van der Waals surface area contributed by atoms with Crippen molar-refractivity contribution < 1.29 is 0 Å². The normalized spacial score (nSPS) is 18.7. The van der Waals surface area contributed by atoms with Gasteiger partial charge in [0.15, 0.2) is 0 Å². The highest BCUT2D eigenvalue weighted by atomic mass is 32.1. The fraction of sp³-hybridized carbons (Fsp3) is 0.769. The van der Waals surface area contributed by atoms with E-state index in [-0.39, 0.29) is 0 Å². The maximum atomic E-state index is 4.53. The lowest BCUT2D eigenvalue weighted by molar-refractivity contribution is 0.190. The quantitative estimate of drug-likeness (QED) is 0.873. The number of hydrogen-bond donors (Lipinski definition) is 1. The van der Waals surface area contributed by atoms with Crippen molar-refractivity contribution in [3.05, 3.63) is 16.1 Å². The fourth-order valence-electron chi connectivity index (χ4n) is 2.31. The first-order valence-corrected chi connectivity index (χ1v) is 7.52. The average Bonchev–Trinajstić information content (AvgIpc) is 2.74. The fourth-order valence-corrected chi connectivity index (χ4v) is 3.12. The van der Waals surface area contributed by atoms with Crippen molar-refractivity contribution >= 4 is 11.3 Å². The van der Waals surface area contributed by atoms with E-state index in [9.17, 15) is 0 Å². The van der Waals surface area contributed by atoms with Crippen molar-refractivity contribution in [2.75, 3.05) is 19.6 Å². The maximum absolute atomic E-state index is 4.53. The SMILES string of the molecule is CCCNC1CCN(Cc2nc(C)cs2)CC1. The van der Waals surface area contributed by atoms with Crippen molar-refractivity contribution in [2.45, 2.75) is 45.7 Å². The number of aryl methyl sites for hydroxylation is 1. The number of aromatic nitrogens is 1. The van der Waals surface area contributed by atoms with Crippen LogP contribution in [0.5, 0.6) is 0 Å². The number of rotatable bonds is 5. The molecule has 1 fully saturated rings. The van der Waals surface area contributed by atoms with Crippen LogP contribution in [0, 0.1) is 6.92 Å². The van der Waals surface area contributed by atoms with E-state index in [1.54, 1.807) is 11.3 Å². The number of piperidine rings is 1. The summed E-state index contributed by atoms with van der Waals surface area (Å²) >= 11 is 1.79. The monoisotopic (exact) mass is 253 g/mol. The van der Waals surface area contributed by atoms with Gasteiger partial charge in [-0.05, 0) is 32.7 Å². The molecule has 2 rings (SSSR count). The van der Waals surface area contributed by atoms with Crippen LogP contribution in [0.4, 0.5) is 0 Å². The highest BCUT2D eigenvalue weighted by molar-refractivity contribution is 7.09. The maximum Gasteiger partial charge on any atom is 0.107 e. The summed E-state index contributed by atoms with van der Waals surface area (Å²) in [5.41, 5.74) is 1.16. The second kappa shape index (κ2) is 6.47. The molecule has 1 saturated heterocycles. The molecular weight excluding hydrogens is 230 g/mol. The molecule has 0 atom stereocenters. The van der Waals surface area contributed by atoms with Crippen LogP contribution in [0.1, 0.15) is 36.9 Å². The van der Waals surface area contributed by atoms with Gasteiger partial charge >= 0.3 is 0 Å². The van der Waals surface area contributed by atoms with Crippen molar-refractivity contribution in [1.29, 1.82) is 0 Å². The second-order valence-electron chi connectivity index (χ2n) is 4.89. The molecule has 4 heteroatoms. The summed E-state index contributed by atoms with van der Waals surface area (Å²) in [4.78, 5) is 7.06. The summed E-state index contributed by atoms with van der Waals surface area (Å²) in [6, 6.07) is 0.740. The van der Waals surface area contributed by atoms with Crippen molar-refractivity contribution in [1.82, 2.24) is 15.2 Å². The standard InChI is InChI=1S/C13H23N3S/c1-3-6-14-12-4-7-16(8-5-12)9-13-15-11(2)10-17-13/h10,12,14H,3-9H2,1-2H3. The van der Waals surface area contributed by atoms with E-state index in [1.807, 2.05) is 0 Å². The van der Waals surface area contributed by atoms with E-state index in [2.05, 4.69) is 34.4 Å². The molecule has 0 amide bonds. The molecule has 2 heterocycles. The predicted molar refractivity (Wildman–Crippen MR) is 73.4 cm³/mol. The first kappa shape index (κ1) is 13.0. The largest absolute Gasteiger partial charge is 0.314 e. The highest BCUT2D eigenvalue weighted by Gasteiger charge is 2.19. The Labute approximate surface area is 108 Å². The lowest BCUT2D eigenvalue weighted by Crippen LogP contribution is -2.42. The molecule has 0 unspecified atom stereocenters. The molecule has 1 aromatic rings. The van der Waals surface area contributed by atoms with E-state index in [1.165, 1.54) is 37.4 Å². The van der Waals surface area contributed by atoms with Crippen LogP contribution < -0.4 is 5.32 Å². The Morgan fingerprint density at radius 1 is 1.47 bits per heavy atom. The van der Waals surface area contributed by atoms with Crippen LogP contribution >= 0.6 is 11.3 Å². The third-order valence-corrected chi connectivity index (χ3v) is 4.25. The molecule has 0 bridgehead atoms. The summed E-state index contributed by atoms with van der Waals surface area (Å²) in [6.07, 6.45) is 3.80. The minimum atomic E-state index is 0.740. The van der Waals surface area contributed by atoms with Crippen LogP contribution in [0.3, 0.4) is 0 Å². The van der Waals surface area contributed by atoms with Gasteiger partial charge in [-0.2, -0.15) is 0 Å². The lowest BCUT2D eigenvalue weighted by atomic mass is 10.1. The lowest BCUT2D eigenvalue weighted by Gasteiger charge is -2.31. The van der Waals surface area contributed by atoms with Crippen LogP contribution in [-0.2, 0) is 6.54 Å². The van der Waals surface area contributed by atoms with Crippen molar-refractivity contribution in [3.8, 4) is 0 Å². The third kappa shape index (κ3) is 4.05. The average molecular weight is 253 g/mol. The van der Waals surface area contributed by atoms with Gasteiger partial charge in [-0.1, -0.05) is 6.92 Å². The Morgan fingerprint density at radius 3 is 2.82 bits per heavy atom. The van der Waals surface area contributed by atoms with Gasteiger partial charge in [-0.25, -0.2) is 4.98 Å². The minimum Gasteiger partial charge on any atom is -0.314 e. The van der Waals surface area contributed by atoms with Crippen molar-refractivity contribution in [2.24, 2.45) is 0 Å². The van der Waals surface area contributed by atoms with Crippen LogP contribution in [0.25, 0.3) is 0 Å². The Hall–Kier alpha value is -0.450. The summed E-state index contributed by atoms with van der Waals surface area (Å²) in [5.74, 6) is 0. The minimum absolute atomic E-state index is 0.740. The van der Waals surface area contributed by atoms with Gasteiger partial charge in [-0.15, -0.1) is 11.3 Å². The Bertz CT molecular complexity index is 329.